The van der Waals surface area contributed by atoms with Gasteiger partial charge >= 0.3 is 0 Å². The summed E-state index contributed by atoms with van der Waals surface area (Å²) in [6.45, 7) is 2.06. The fourth-order valence-electron chi connectivity index (χ4n) is 1.60. The van der Waals surface area contributed by atoms with Gasteiger partial charge in [-0.1, -0.05) is 29.8 Å². The molecule has 0 atom stereocenters. The molecule has 2 rings (SSSR count). The molecule has 1 nitrogen and oxygen atoms in total. The van der Waals surface area contributed by atoms with Crippen LogP contribution in [0, 0.1) is 6.92 Å². The molecule has 0 radical (unpaired) electrons. The summed E-state index contributed by atoms with van der Waals surface area (Å²) in [7, 11) is 0. The highest BCUT2D eigenvalue weighted by Gasteiger charge is 2.05. The van der Waals surface area contributed by atoms with E-state index in [0.29, 0.717) is 0 Å². The second-order valence-corrected chi connectivity index (χ2v) is 4.09. The Kier molecular flexibility index (Phi) is 2.69. The van der Waals surface area contributed by atoms with E-state index in [1.165, 1.54) is 5.56 Å². The van der Waals surface area contributed by atoms with Crippen molar-refractivity contribution in [3.8, 4) is 11.1 Å². The van der Waals surface area contributed by atoms with E-state index in [0.717, 1.165) is 21.7 Å². The smallest absolute Gasteiger partial charge is 0.0394 e. The van der Waals surface area contributed by atoms with Gasteiger partial charge in [-0.15, -0.1) is 12.6 Å². The van der Waals surface area contributed by atoms with Gasteiger partial charge < -0.3 is 5.73 Å². The molecular formula is C13H13NS. The Morgan fingerprint density at radius 3 is 2.47 bits per heavy atom. The molecule has 0 aliphatic carbocycles. The lowest BCUT2D eigenvalue weighted by Crippen LogP contribution is -1.91. The minimum atomic E-state index is 0.794. The van der Waals surface area contributed by atoms with Gasteiger partial charge in [-0.05, 0) is 30.7 Å². The number of hydrogen-bond acceptors (Lipinski definition) is 2. The predicted octanol–water partition coefficient (Wildman–Crippen LogP) is 3.53. The molecule has 15 heavy (non-hydrogen) atoms. The Morgan fingerprint density at radius 2 is 1.73 bits per heavy atom. The Labute approximate surface area is 95.3 Å². The Morgan fingerprint density at radius 1 is 1.00 bits per heavy atom. The Balaban J connectivity index is 2.64. The maximum atomic E-state index is 5.96. The predicted molar refractivity (Wildman–Crippen MR) is 68.3 cm³/mol. The summed E-state index contributed by atoms with van der Waals surface area (Å²) in [5.41, 5.74) is 10.1. The molecule has 0 saturated heterocycles. The van der Waals surface area contributed by atoms with E-state index in [9.17, 15) is 0 Å². The molecule has 2 heteroatoms. The molecular weight excluding hydrogens is 202 g/mol. The normalized spacial score (nSPS) is 10.3. The van der Waals surface area contributed by atoms with Crippen LogP contribution in [0.15, 0.2) is 47.4 Å². The molecule has 0 bridgehead atoms. The molecule has 0 amide bonds. The van der Waals surface area contributed by atoms with Crippen LogP contribution in [0.25, 0.3) is 11.1 Å². The first kappa shape index (κ1) is 10.1. The SMILES string of the molecule is Cc1ccc(N)c(-c2ccccc2S)c1. The quantitative estimate of drug-likeness (QED) is 0.552. The first-order valence-corrected chi connectivity index (χ1v) is 5.27. The Bertz CT molecular complexity index is 492. The molecule has 0 aromatic heterocycles. The van der Waals surface area contributed by atoms with Gasteiger partial charge in [0.25, 0.3) is 0 Å². The van der Waals surface area contributed by atoms with Gasteiger partial charge in [-0.2, -0.15) is 0 Å². The number of nitrogens with two attached hydrogens (primary N) is 1. The summed E-state index contributed by atoms with van der Waals surface area (Å²) in [6.07, 6.45) is 0. The van der Waals surface area contributed by atoms with E-state index in [1.807, 2.05) is 36.4 Å². The standard InChI is InChI=1S/C13H13NS/c1-9-6-7-12(14)11(8-9)10-4-2-3-5-13(10)15/h2-8,15H,14H2,1H3. The molecule has 2 aromatic rings. The van der Waals surface area contributed by atoms with E-state index in [-0.39, 0.29) is 0 Å². The van der Waals surface area contributed by atoms with Crippen molar-refractivity contribution in [3.63, 3.8) is 0 Å². The lowest BCUT2D eigenvalue weighted by atomic mass is 10.0. The van der Waals surface area contributed by atoms with E-state index in [1.54, 1.807) is 0 Å². The third-order valence-corrected chi connectivity index (χ3v) is 2.79. The number of aryl methyl sites for hydroxylation is 1. The van der Waals surface area contributed by atoms with Crippen LogP contribution < -0.4 is 5.73 Å². The molecule has 0 fully saturated rings. The van der Waals surface area contributed by atoms with E-state index in [4.69, 9.17) is 5.73 Å². The van der Waals surface area contributed by atoms with Crippen molar-refractivity contribution in [1.29, 1.82) is 0 Å². The van der Waals surface area contributed by atoms with Crippen LogP contribution in [0.1, 0.15) is 5.56 Å². The van der Waals surface area contributed by atoms with Crippen molar-refractivity contribution in [3.05, 3.63) is 48.0 Å². The summed E-state index contributed by atoms with van der Waals surface area (Å²) < 4.78 is 0. The maximum absolute atomic E-state index is 5.96. The zero-order valence-electron chi connectivity index (χ0n) is 8.57. The zero-order chi connectivity index (χ0) is 10.8. The summed E-state index contributed by atoms with van der Waals surface area (Å²) in [5, 5.41) is 0. The first-order chi connectivity index (χ1) is 7.18. The minimum absolute atomic E-state index is 0.794. The fourth-order valence-corrected chi connectivity index (χ4v) is 1.89. The topological polar surface area (TPSA) is 26.0 Å². The van der Waals surface area contributed by atoms with Crippen LogP contribution in [0.4, 0.5) is 5.69 Å². The molecule has 0 aliphatic rings. The number of benzene rings is 2. The van der Waals surface area contributed by atoms with Crippen molar-refractivity contribution in [2.24, 2.45) is 0 Å². The molecule has 76 valence electrons. The fraction of sp³-hybridized carbons (Fsp3) is 0.0769. The summed E-state index contributed by atoms with van der Waals surface area (Å²) >= 11 is 4.44. The lowest BCUT2D eigenvalue weighted by Gasteiger charge is -2.09. The lowest BCUT2D eigenvalue weighted by molar-refractivity contribution is 1.42. The zero-order valence-corrected chi connectivity index (χ0v) is 9.46. The number of rotatable bonds is 1. The van der Waals surface area contributed by atoms with Crippen LogP contribution in [-0.2, 0) is 0 Å². The van der Waals surface area contributed by atoms with Gasteiger partial charge in [0, 0.05) is 16.1 Å². The first-order valence-electron chi connectivity index (χ1n) is 4.83. The number of thiol groups is 1. The third-order valence-electron chi connectivity index (χ3n) is 2.40. The highest BCUT2D eigenvalue weighted by Crippen LogP contribution is 2.31. The number of nitrogen functional groups attached to an aromatic ring is 1. The van der Waals surface area contributed by atoms with Crippen molar-refractivity contribution in [2.45, 2.75) is 11.8 Å². The summed E-state index contributed by atoms with van der Waals surface area (Å²) in [5.74, 6) is 0. The van der Waals surface area contributed by atoms with Gasteiger partial charge in [0.2, 0.25) is 0 Å². The van der Waals surface area contributed by atoms with Crippen LogP contribution in [-0.4, -0.2) is 0 Å². The van der Waals surface area contributed by atoms with Crippen LogP contribution in [0.3, 0.4) is 0 Å². The molecule has 2 N–H and O–H groups in total. The van der Waals surface area contributed by atoms with Crippen LogP contribution in [0.5, 0.6) is 0 Å². The minimum Gasteiger partial charge on any atom is -0.398 e. The van der Waals surface area contributed by atoms with Crippen molar-refractivity contribution in [1.82, 2.24) is 0 Å². The number of hydrogen-bond donors (Lipinski definition) is 2. The Hall–Kier alpha value is -1.41. The highest BCUT2D eigenvalue weighted by atomic mass is 32.1. The summed E-state index contributed by atoms with van der Waals surface area (Å²) in [6, 6.07) is 14.0. The van der Waals surface area contributed by atoms with Gasteiger partial charge in [0.1, 0.15) is 0 Å². The average molecular weight is 215 g/mol. The number of anilines is 1. The molecule has 0 aliphatic heterocycles. The van der Waals surface area contributed by atoms with Crippen molar-refractivity contribution < 1.29 is 0 Å². The monoisotopic (exact) mass is 215 g/mol. The van der Waals surface area contributed by atoms with Crippen LogP contribution >= 0.6 is 12.6 Å². The average Bonchev–Trinajstić information content (AvgIpc) is 2.23. The molecule has 0 saturated carbocycles. The van der Waals surface area contributed by atoms with Crippen molar-refractivity contribution >= 4 is 18.3 Å². The summed E-state index contributed by atoms with van der Waals surface area (Å²) in [4.78, 5) is 0.954. The van der Waals surface area contributed by atoms with Gasteiger partial charge in [0.15, 0.2) is 0 Å². The van der Waals surface area contributed by atoms with E-state index in [2.05, 4.69) is 25.6 Å². The third kappa shape index (κ3) is 2.00. The van der Waals surface area contributed by atoms with Gasteiger partial charge in [-0.25, -0.2) is 0 Å². The van der Waals surface area contributed by atoms with Gasteiger partial charge in [0.05, 0.1) is 0 Å². The molecule has 0 spiro atoms. The van der Waals surface area contributed by atoms with E-state index < -0.39 is 0 Å². The van der Waals surface area contributed by atoms with Crippen LogP contribution in [0.2, 0.25) is 0 Å². The van der Waals surface area contributed by atoms with Gasteiger partial charge in [-0.3, -0.25) is 0 Å². The molecule has 0 heterocycles. The second kappa shape index (κ2) is 3.99. The maximum Gasteiger partial charge on any atom is 0.0394 e. The largest absolute Gasteiger partial charge is 0.398 e. The highest BCUT2D eigenvalue weighted by molar-refractivity contribution is 7.80. The molecule has 2 aromatic carbocycles. The van der Waals surface area contributed by atoms with Crippen molar-refractivity contribution in [2.75, 3.05) is 5.73 Å². The van der Waals surface area contributed by atoms with E-state index >= 15 is 0 Å². The second-order valence-electron chi connectivity index (χ2n) is 3.61. The molecule has 0 unspecified atom stereocenters.